The highest BCUT2D eigenvalue weighted by Gasteiger charge is 2.47. The quantitative estimate of drug-likeness (QED) is 0.0550. The first-order valence-corrected chi connectivity index (χ1v) is 29.1. The zero-order chi connectivity index (χ0) is 54.0. The molecule has 0 spiro atoms. The van der Waals surface area contributed by atoms with E-state index in [0.29, 0.717) is 0 Å². The standard InChI is InChI=1S/2C28H28P.C8H3BF6O3/c2*1-2-12-24-19-21-25(22-20-24)23-29(26-13-6-3-7-14-26,27-15-8-4-9-16-27)28-17-10-5-11-18-28;10-7(11,12)4-1-5(8(13,14)15)3-6(2-4)18-9(16)17/h2*3-11,13-22H,2,12,23H2,1H3;1-3H/q2*+1;-2. The summed E-state index contributed by atoms with van der Waals surface area (Å²) in [5.74, 6) is -1.08. The third kappa shape index (κ3) is 14.8. The second-order valence-corrected chi connectivity index (χ2v) is 25.2. The molecule has 0 atom stereocenters. The van der Waals surface area contributed by atoms with Gasteiger partial charge in [0.05, 0.1) is 29.2 Å². The van der Waals surface area contributed by atoms with Crippen molar-refractivity contribution < 1.29 is 41.0 Å². The molecular weight excluding hydrogens is 1000 g/mol. The van der Waals surface area contributed by atoms with Crippen LogP contribution in [-0.4, -0.2) is 7.32 Å². The number of alkyl halides is 6. The largest absolute Gasteiger partial charge is 0.860 e. The summed E-state index contributed by atoms with van der Waals surface area (Å²) in [6.07, 6.45) is -3.36. The van der Waals surface area contributed by atoms with Crippen molar-refractivity contribution in [2.45, 2.75) is 64.2 Å². The minimum absolute atomic E-state index is 0.141. The van der Waals surface area contributed by atoms with Crippen molar-refractivity contribution in [2.75, 3.05) is 0 Å². The first-order chi connectivity index (χ1) is 36.6. The molecule has 0 saturated heterocycles. The first-order valence-electron chi connectivity index (χ1n) is 25.2. The van der Waals surface area contributed by atoms with Gasteiger partial charge in [-0.2, -0.15) is 26.3 Å². The minimum Gasteiger partial charge on any atom is -0.860 e. The van der Waals surface area contributed by atoms with E-state index in [9.17, 15) is 36.4 Å². The van der Waals surface area contributed by atoms with E-state index in [-0.39, 0.29) is 18.2 Å². The fraction of sp³-hybridized carbons (Fsp3) is 0.156. The van der Waals surface area contributed by atoms with E-state index in [4.69, 9.17) is 0 Å². The molecule has 0 radical (unpaired) electrons. The molecule has 0 heterocycles. The molecule has 0 aromatic heterocycles. The second-order valence-electron chi connectivity index (χ2n) is 18.2. The zero-order valence-electron chi connectivity index (χ0n) is 42.4. The van der Waals surface area contributed by atoms with Gasteiger partial charge >= 0.3 is 12.4 Å². The van der Waals surface area contributed by atoms with Crippen molar-refractivity contribution in [2.24, 2.45) is 0 Å². The molecule has 0 aliphatic rings. The third-order valence-corrected chi connectivity index (χ3v) is 21.7. The summed E-state index contributed by atoms with van der Waals surface area (Å²) in [5, 5.41) is 28.8. The lowest BCUT2D eigenvalue weighted by Gasteiger charge is -2.28. The summed E-state index contributed by atoms with van der Waals surface area (Å²) in [4.78, 5) is 0. The number of halogens is 6. The lowest BCUT2D eigenvalue weighted by atomic mass is 10.1. The third-order valence-electron chi connectivity index (χ3n) is 12.9. The number of hydrogen-bond acceptors (Lipinski definition) is 3. The van der Waals surface area contributed by atoms with E-state index in [1.165, 1.54) is 66.9 Å². The average molecular weight is 1060 g/mol. The molecule has 388 valence electrons. The molecule has 3 nitrogen and oxygen atoms in total. The maximum absolute atomic E-state index is 12.3. The van der Waals surface area contributed by atoms with Crippen LogP contribution in [0.5, 0.6) is 5.75 Å². The van der Waals surface area contributed by atoms with Gasteiger partial charge in [0, 0.05) is 0 Å². The fourth-order valence-electron chi connectivity index (χ4n) is 9.39. The van der Waals surface area contributed by atoms with Crippen molar-refractivity contribution in [3.63, 3.8) is 0 Å². The fourth-order valence-corrected chi connectivity index (χ4v) is 17.9. The van der Waals surface area contributed by atoms with Crippen LogP contribution in [0.15, 0.2) is 249 Å². The van der Waals surface area contributed by atoms with E-state index in [1.54, 1.807) is 0 Å². The summed E-state index contributed by atoms with van der Waals surface area (Å²) >= 11 is 0. The Labute approximate surface area is 444 Å². The van der Waals surface area contributed by atoms with Crippen molar-refractivity contribution in [3.05, 3.63) is 282 Å². The molecule has 76 heavy (non-hydrogen) atoms. The summed E-state index contributed by atoms with van der Waals surface area (Å²) in [6.45, 7) is 4.48. The van der Waals surface area contributed by atoms with Gasteiger partial charge in [-0.25, -0.2) is 0 Å². The number of benzene rings is 9. The highest BCUT2D eigenvalue weighted by Crippen LogP contribution is 2.59. The molecule has 0 aliphatic carbocycles. The Hall–Kier alpha value is -6.80. The lowest BCUT2D eigenvalue weighted by Crippen LogP contribution is -2.50. The molecule has 0 aliphatic heterocycles. The molecular formula is C64H59BF6O3P2. The van der Waals surface area contributed by atoms with Crippen LogP contribution in [0.3, 0.4) is 0 Å². The second kappa shape index (κ2) is 26.8. The predicted octanol–water partition coefficient (Wildman–Crippen LogP) is 13.1. The minimum atomic E-state index is -5.05. The van der Waals surface area contributed by atoms with Crippen LogP contribution < -0.4 is 46.5 Å². The lowest BCUT2D eigenvalue weighted by molar-refractivity contribution is -0.372. The van der Waals surface area contributed by atoms with Crippen LogP contribution in [0, 0.1) is 0 Å². The Balaban J connectivity index is 0.000000171. The Bertz CT molecular complexity index is 2710. The topological polar surface area (TPSA) is 55.3 Å². The summed E-state index contributed by atoms with van der Waals surface area (Å²) in [5.41, 5.74) is 2.36. The van der Waals surface area contributed by atoms with Crippen molar-refractivity contribution >= 4 is 53.7 Å². The molecule has 12 heteroatoms. The smallest absolute Gasteiger partial charge is 0.416 e. The molecule has 9 aromatic rings. The summed E-state index contributed by atoms with van der Waals surface area (Å²) in [6, 6.07) is 85.5. The SMILES string of the molecule is CCCc1ccc(C[P+](c2ccccc2)(c2ccccc2)c2ccccc2)cc1.CCCc1ccc(C[P+](c2ccccc2)(c2ccccc2)c2ccccc2)cc1.[O-]B([O-])Oc1cc(C(F)(F)F)cc(C(F)(F)F)c1. The maximum Gasteiger partial charge on any atom is 0.416 e. The Kier molecular flexibility index (Phi) is 20.1. The molecule has 0 saturated carbocycles. The van der Waals surface area contributed by atoms with Crippen LogP contribution in [-0.2, 0) is 37.5 Å². The van der Waals surface area contributed by atoms with E-state index >= 15 is 0 Å². The Morgan fingerprint density at radius 3 is 0.803 bits per heavy atom. The van der Waals surface area contributed by atoms with Crippen LogP contribution >= 0.6 is 14.5 Å². The number of rotatable bonds is 16. The zero-order valence-corrected chi connectivity index (χ0v) is 44.2. The van der Waals surface area contributed by atoms with E-state index in [2.05, 4.69) is 249 Å². The van der Waals surface area contributed by atoms with Gasteiger partial charge in [0.15, 0.2) is 0 Å². The number of aryl methyl sites for hydroxylation is 2. The van der Waals surface area contributed by atoms with Crippen LogP contribution in [0.1, 0.15) is 60.1 Å². The van der Waals surface area contributed by atoms with Gasteiger partial charge < -0.3 is 14.7 Å². The molecule has 0 fully saturated rings. The maximum atomic E-state index is 12.3. The molecule has 0 bridgehead atoms. The molecule has 0 unspecified atom stereocenters. The van der Waals surface area contributed by atoms with Crippen LogP contribution in [0.2, 0.25) is 0 Å². The highest BCUT2D eigenvalue weighted by molar-refractivity contribution is 7.95. The van der Waals surface area contributed by atoms with Gasteiger partial charge in [-0.1, -0.05) is 184 Å². The average Bonchev–Trinajstić information content (AvgIpc) is 3.46. The Morgan fingerprint density at radius 2 is 0.592 bits per heavy atom. The summed E-state index contributed by atoms with van der Waals surface area (Å²) in [7, 11) is -6.63. The van der Waals surface area contributed by atoms with E-state index < -0.39 is 51.1 Å². The molecule has 0 amide bonds. The van der Waals surface area contributed by atoms with Gasteiger partial charge in [-0.15, -0.1) is 0 Å². The van der Waals surface area contributed by atoms with Crippen molar-refractivity contribution in [1.82, 2.24) is 0 Å². The summed E-state index contributed by atoms with van der Waals surface area (Å²) < 4.78 is 77.5. The van der Waals surface area contributed by atoms with Crippen LogP contribution in [0.4, 0.5) is 26.3 Å². The Morgan fingerprint density at radius 1 is 0.355 bits per heavy atom. The molecule has 9 rings (SSSR count). The predicted molar refractivity (Wildman–Crippen MR) is 301 cm³/mol. The van der Waals surface area contributed by atoms with Gasteiger partial charge in [0.1, 0.15) is 53.7 Å². The van der Waals surface area contributed by atoms with E-state index in [1.807, 2.05) is 0 Å². The van der Waals surface area contributed by atoms with Gasteiger partial charge in [-0.3, -0.25) is 0 Å². The van der Waals surface area contributed by atoms with Crippen molar-refractivity contribution in [3.8, 4) is 5.75 Å². The molecule has 0 N–H and O–H groups in total. The van der Waals surface area contributed by atoms with Gasteiger partial charge in [0.25, 0.3) is 0 Å². The highest BCUT2D eigenvalue weighted by atomic mass is 31.2. The first kappa shape index (κ1) is 56.9. The van der Waals surface area contributed by atoms with Gasteiger partial charge in [-0.05, 0) is 126 Å². The van der Waals surface area contributed by atoms with Gasteiger partial charge in [0.2, 0.25) is 0 Å². The monoisotopic (exact) mass is 1060 g/mol. The van der Waals surface area contributed by atoms with Crippen LogP contribution in [0.25, 0.3) is 0 Å². The normalized spacial score (nSPS) is 11.6. The van der Waals surface area contributed by atoms with E-state index in [0.717, 1.165) is 25.2 Å². The molecule has 9 aromatic carbocycles. The number of hydrogen-bond donors (Lipinski definition) is 0. The van der Waals surface area contributed by atoms with Crippen molar-refractivity contribution in [1.29, 1.82) is 0 Å².